The first-order valence-corrected chi connectivity index (χ1v) is 5.05. The molecule has 0 saturated carbocycles. The molecule has 0 atom stereocenters. The Morgan fingerprint density at radius 2 is 2.27 bits per heavy atom. The molecule has 1 heterocycles. The number of hydrogen-bond acceptors (Lipinski definition) is 2. The number of aryl methyl sites for hydroxylation is 1. The minimum atomic E-state index is 0.527. The highest BCUT2D eigenvalue weighted by molar-refractivity contribution is 6.29. The third-order valence-corrected chi connectivity index (χ3v) is 2.36. The summed E-state index contributed by atoms with van der Waals surface area (Å²) < 4.78 is 2.00. The molecule has 1 aromatic heterocycles. The van der Waals surface area contributed by atoms with Crippen LogP contribution in [0.4, 0.5) is 5.95 Å². The van der Waals surface area contributed by atoms with Crippen LogP contribution in [0, 0.1) is 0 Å². The van der Waals surface area contributed by atoms with Gasteiger partial charge in [0.25, 0.3) is 0 Å². The number of imidazole rings is 1. The number of fused-ring (bicyclic) bond motifs is 1. The lowest BCUT2D eigenvalue weighted by Crippen LogP contribution is -2.06. The highest BCUT2D eigenvalue weighted by Crippen LogP contribution is 2.17. The van der Waals surface area contributed by atoms with Crippen molar-refractivity contribution in [1.29, 1.82) is 0 Å². The fourth-order valence-corrected chi connectivity index (χ4v) is 1.55. The number of rotatable bonds is 3. The van der Waals surface area contributed by atoms with Crippen molar-refractivity contribution in [1.82, 2.24) is 9.55 Å². The van der Waals surface area contributed by atoms with Gasteiger partial charge >= 0.3 is 0 Å². The van der Waals surface area contributed by atoms with E-state index in [1.165, 1.54) is 0 Å². The lowest BCUT2D eigenvalue weighted by atomic mass is 10.3. The number of halogens is 1. The Balaban J connectivity index is 2.36. The number of nitrogens with one attached hydrogen (secondary N) is 1. The maximum atomic E-state index is 5.68. The summed E-state index contributed by atoms with van der Waals surface area (Å²) in [7, 11) is 1.97. The molecule has 1 aromatic carbocycles. The quantitative estimate of drug-likeness (QED) is 0.864. The largest absolute Gasteiger partial charge is 0.351 e. The first kappa shape index (κ1) is 10.1. The zero-order valence-electron chi connectivity index (χ0n) is 8.50. The molecule has 3 nitrogen and oxygen atoms in total. The summed E-state index contributed by atoms with van der Waals surface area (Å²) >= 11 is 5.68. The fraction of sp³-hybridized carbons (Fsp3) is 0.182. The Labute approximate surface area is 93.4 Å². The number of anilines is 1. The van der Waals surface area contributed by atoms with Crippen molar-refractivity contribution < 1.29 is 0 Å². The summed E-state index contributed by atoms with van der Waals surface area (Å²) in [6.07, 6.45) is 0. The van der Waals surface area contributed by atoms with Crippen molar-refractivity contribution in [2.45, 2.75) is 0 Å². The molecule has 0 aliphatic rings. The minimum absolute atomic E-state index is 0.527. The highest BCUT2D eigenvalue weighted by atomic mass is 35.5. The van der Waals surface area contributed by atoms with Gasteiger partial charge in [0.15, 0.2) is 0 Å². The van der Waals surface area contributed by atoms with Crippen LogP contribution in [0.1, 0.15) is 0 Å². The van der Waals surface area contributed by atoms with Crippen LogP contribution in [0.25, 0.3) is 11.0 Å². The van der Waals surface area contributed by atoms with Crippen LogP contribution in [0.5, 0.6) is 0 Å². The van der Waals surface area contributed by atoms with E-state index in [1.54, 1.807) is 0 Å². The average molecular weight is 222 g/mol. The van der Waals surface area contributed by atoms with Crippen LogP contribution in [0.2, 0.25) is 0 Å². The predicted molar refractivity (Wildman–Crippen MR) is 64.2 cm³/mol. The van der Waals surface area contributed by atoms with Gasteiger partial charge in [0.1, 0.15) is 0 Å². The van der Waals surface area contributed by atoms with Crippen LogP contribution < -0.4 is 5.32 Å². The van der Waals surface area contributed by atoms with Crippen LogP contribution >= 0.6 is 11.6 Å². The maximum Gasteiger partial charge on any atom is 0.203 e. The van der Waals surface area contributed by atoms with Gasteiger partial charge in [-0.3, -0.25) is 0 Å². The van der Waals surface area contributed by atoms with E-state index in [0.717, 1.165) is 17.0 Å². The van der Waals surface area contributed by atoms with Crippen molar-refractivity contribution in [3.8, 4) is 0 Å². The molecule has 0 radical (unpaired) electrons. The molecule has 78 valence electrons. The zero-order chi connectivity index (χ0) is 10.8. The van der Waals surface area contributed by atoms with Gasteiger partial charge in [-0.15, -0.1) is 0 Å². The van der Waals surface area contributed by atoms with Crippen LogP contribution in [0.3, 0.4) is 0 Å². The SMILES string of the molecule is C=C(Cl)CNc1nc2ccccc2n1C. The zero-order valence-corrected chi connectivity index (χ0v) is 9.25. The topological polar surface area (TPSA) is 29.9 Å². The second-order valence-corrected chi connectivity index (χ2v) is 3.89. The molecule has 0 aliphatic heterocycles. The van der Waals surface area contributed by atoms with Gasteiger partial charge < -0.3 is 9.88 Å². The molecule has 0 spiro atoms. The monoisotopic (exact) mass is 221 g/mol. The van der Waals surface area contributed by atoms with Crippen molar-refractivity contribution in [2.75, 3.05) is 11.9 Å². The van der Waals surface area contributed by atoms with E-state index in [4.69, 9.17) is 11.6 Å². The van der Waals surface area contributed by atoms with Gasteiger partial charge in [-0.05, 0) is 12.1 Å². The van der Waals surface area contributed by atoms with E-state index in [9.17, 15) is 0 Å². The van der Waals surface area contributed by atoms with E-state index < -0.39 is 0 Å². The van der Waals surface area contributed by atoms with Gasteiger partial charge in [-0.1, -0.05) is 30.3 Å². The third-order valence-electron chi connectivity index (χ3n) is 2.23. The number of aromatic nitrogens is 2. The second kappa shape index (κ2) is 3.95. The molecule has 0 aliphatic carbocycles. The fourth-order valence-electron chi connectivity index (χ4n) is 1.48. The summed E-state index contributed by atoms with van der Waals surface area (Å²) in [6, 6.07) is 7.98. The third kappa shape index (κ3) is 1.97. The number of para-hydroxylation sites is 2. The summed E-state index contributed by atoms with van der Waals surface area (Å²) in [5.41, 5.74) is 2.07. The highest BCUT2D eigenvalue weighted by Gasteiger charge is 2.05. The van der Waals surface area contributed by atoms with Gasteiger partial charge in [0.05, 0.1) is 17.6 Å². The van der Waals surface area contributed by atoms with Gasteiger partial charge in [-0.25, -0.2) is 4.98 Å². The molecule has 4 heteroatoms. The van der Waals surface area contributed by atoms with Crippen molar-refractivity contribution >= 4 is 28.6 Å². The van der Waals surface area contributed by atoms with E-state index in [2.05, 4.69) is 16.9 Å². The number of nitrogens with zero attached hydrogens (tertiary/aromatic N) is 2. The van der Waals surface area contributed by atoms with E-state index >= 15 is 0 Å². The first-order valence-electron chi connectivity index (χ1n) is 4.67. The van der Waals surface area contributed by atoms with Crippen molar-refractivity contribution in [3.05, 3.63) is 35.9 Å². The lowest BCUT2D eigenvalue weighted by Gasteiger charge is -2.04. The molecular formula is C11H12ClN3. The maximum absolute atomic E-state index is 5.68. The van der Waals surface area contributed by atoms with E-state index in [-0.39, 0.29) is 0 Å². The van der Waals surface area contributed by atoms with E-state index in [0.29, 0.717) is 11.6 Å². The molecule has 0 bridgehead atoms. The molecule has 2 rings (SSSR count). The van der Waals surface area contributed by atoms with Crippen LogP contribution in [0.15, 0.2) is 35.9 Å². The smallest absolute Gasteiger partial charge is 0.203 e. The Hall–Kier alpha value is -1.48. The Kier molecular flexibility index (Phi) is 2.64. The Morgan fingerprint density at radius 1 is 1.53 bits per heavy atom. The molecule has 0 saturated heterocycles. The summed E-state index contributed by atoms with van der Waals surface area (Å²) in [5, 5.41) is 3.69. The van der Waals surface area contributed by atoms with Crippen molar-refractivity contribution in [3.63, 3.8) is 0 Å². The molecule has 15 heavy (non-hydrogen) atoms. The molecular weight excluding hydrogens is 210 g/mol. The lowest BCUT2D eigenvalue weighted by molar-refractivity contribution is 0.943. The minimum Gasteiger partial charge on any atom is -0.351 e. The molecule has 0 unspecified atom stereocenters. The molecule has 0 amide bonds. The second-order valence-electron chi connectivity index (χ2n) is 3.35. The van der Waals surface area contributed by atoms with Crippen LogP contribution in [-0.4, -0.2) is 16.1 Å². The molecule has 2 aromatic rings. The molecule has 0 fully saturated rings. The summed E-state index contributed by atoms with van der Waals surface area (Å²) in [5.74, 6) is 0.804. The average Bonchev–Trinajstić information content (AvgIpc) is 2.54. The number of benzene rings is 1. The van der Waals surface area contributed by atoms with Gasteiger partial charge in [-0.2, -0.15) is 0 Å². The standard InChI is InChI=1S/C11H12ClN3/c1-8(12)7-13-11-14-9-5-3-4-6-10(9)15(11)2/h3-6H,1,7H2,2H3,(H,13,14). The Morgan fingerprint density at radius 3 is 2.93 bits per heavy atom. The Bertz CT molecular complexity index is 502. The van der Waals surface area contributed by atoms with Crippen LogP contribution in [-0.2, 0) is 7.05 Å². The summed E-state index contributed by atoms with van der Waals surface area (Å²) in [4.78, 5) is 4.44. The number of hydrogen-bond donors (Lipinski definition) is 1. The van der Waals surface area contributed by atoms with Gasteiger partial charge in [0.2, 0.25) is 5.95 Å². The summed E-state index contributed by atoms with van der Waals surface area (Å²) in [6.45, 7) is 4.15. The van der Waals surface area contributed by atoms with Crippen molar-refractivity contribution in [2.24, 2.45) is 7.05 Å². The molecule has 1 N–H and O–H groups in total. The first-order chi connectivity index (χ1) is 7.18. The normalized spacial score (nSPS) is 10.5. The van der Waals surface area contributed by atoms with Gasteiger partial charge in [0, 0.05) is 12.1 Å². The predicted octanol–water partition coefficient (Wildman–Crippen LogP) is 2.74. The van der Waals surface area contributed by atoms with E-state index in [1.807, 2.05) is 35.9 Å².